The van der Waals surface area contributed by atoms with Crippen LogP contribution in [0.4, 0.5) is 26.3 Å². The summed E-state index contributed by atoms with van der Waals surface area (Å²) in [4.78, 5) is 10.0. The molecule has 0 radical (unpaired) electrons. The molecule has 2 aromatic rings. The average molecular weight is 414 g/mol. The summed E-state index contributed by atoms with van der Waals surface area (Å²) >= 11 is 6.92. The van der Waals surface area contributed by atoms with Crippen LogP contribution in [0.1, 0.15) is 30.7 Å². The quantitative estimate of drug-likeness (QED) is 0.564. The van der Waals surface area contributed by atoms with Gasteiger partial charge in [0.05, 0.1) is 9.21 Å². The third kappa shape index (κ3) is 3.66. The molecular formula is C15H10ClF6N3S. The molecule has 1 aliphatic heterocycles. The lowest BCUT2D eigenvalue weighted by atomic mass is 9.98. The summed E-state index contributed by atoms with van der Waals surface area (Å²) in [5, 5.41) is 0. The highest BCUT2D eigenvalue weighted by molar-refractivity contribution is 7.19. The van der Waals surface area contributed by atoms with Crippen LogP contribution in [0.25, 0.3) is 10.7 Å². The van der Waals surface area contributed by atoms with Gasteiger partial charge in [-0.25, -0.2) is 9.98 Å². The number of aromatic amines is 1. The Morgan fingerprint density at radius 3 is 2.38 bits per heavy atom. The van der Waals surface area contributed by atoms with Crippen molar-refractivity contribution in [3.05, 3.63) is 39.6 Å². The van der Waals surface area contributed by atoms with Gasteiger partial charge in [-0.05, 0) is 18.6 Å². The number of nitrogens with zero attached hydrogens (tertiary/aromatic N) is 2. The van der Waals surface area contributed by atoms with E-state index in [1.54, 1.807) is 12.1 Å². The van der Waals surface area contributed by atoms with Gasteiger partial charge < -0.3 is 4.98 Å². The Labute approximate surface area is 152 Å². The van der Waals surface area contributed by atoms with Gasteiger partial charge in [-0.15, -0.1) is 11.3 Å². The number of fused-ring (bicyclic) bond motifs is 1. The first kappa shape index (κ1) is 19.0. The van der Waals surface area contributed by atoms with Crippen molar-refractivity contribution in [3.8, 4) is 10.7 Å². The summed E-state index contributed by atoms with van der Waals surface area (Å²) in [6.07, 6.45) is -9.56. The fourth-order valence-electron chi connectivity index (χ4n) is 2.48. The van der Waals surface area contributed by atoms with Crippen molar-refractivity contribution in [1.29, 1.82) is 0 Å². The zero-order valence-corrected chi connectivity index (χ0v) is 14.5. The van der Waals surface area contributed by atoms with Gasteiger partial charge in [-0.1, -0.05) is 24.6 Å². The average Bonchev–Trinajstić information content (AvgIpc) is 3.08. The molecule has 0 aromatic carbocycles. The van der Waals surface area contributed by atoms with Crippen molar-refractivity contribution in [3.63, 3.8) is 0 Å². The number of thiophene rings is 1. The summed E-state index contributed by atoms with van der Waals surface area (Å²) in [5.74, 6) is -0.543. The third-order valence-corrected chi connectivity index (χ3v) is 4.95. The van der Waals surface area contributed by atoms with Crippen molar-refractivity contribution in [2.75, 3.05) is 0 Å². The third-order valence-electron chi connectivity index (χ3n) is 3.71. The Kier molecular flexibility index (Phi) is 4.68. The molecule has 26 heavy (non-hydrogen) atoms. The molecule has 0 spiro atoms. The number of hydrogen-bond donors (Lipinski definition) is 1. The van der Waals surface area contributed by atoms with E-state index in [4.69, 9.17) is 11.6 Å². The highest BCUT2D eigenvalue weighted by Crippen LogP contribution is 2.38. The Bertz CT molecular complexity index is 890. The fourth-order valence-corrected chi connectivity index (χ4v) is 3.47. The Morgan fingerprint density at radius 2 is 1.85 bits per heavy atom. The molecule has 140 valence electrons. The summed E-state index contributed by atoms with van der Waals surface area (Å²) in [5.41, 5.74) is -3.80. The first-order chi connectivity index (χ1) is 12.0. The molecule has 2 aromatic heterocycles. The van der Waals surface area contributed by atoms with E-state index in [1.807, 2.05) is 0 Å². The Balaban J connectivity index is 2.21. The molecular weight excluding hydrogens is 404 g/mol. The first-order valence-electron chi connectivity index (χ1n) is 7.26. The molecule has 1 atom stereocenters. The minimum atomic E-state index is -5.10. The van der Waals surface area contributed by atoms with E-state index < -0.39 is 35.4 Å². The zero-order chi connectivity index (χ0) is 19.3. The summed E-state index contributed by atoms with van der Waals surface area (Å²) in [6.45, 7) is 1.52. The molecule has 1 N–H and O–H groups in total. The van der Waals surface area contributed by atoms with Crippen molar-refractivity contribution in [2.45, 2.75) is 31.6 Å². The van der Waals surface area contributed by atoms with E-state index in [9.17, 15) is 26.3 Å². The monoisotopic (exact) mass is 413 g/mol. The second-order valence-corrected chi connectivity index (χ2v) is 7.35. The van der Waals surface area contributed by atoms with E-state index >= 15 is 0 Å². The molecule has 0 fully saturated rings. The molecule has 1 unspecified atom stereocenters. The van der Waals surface area contributed by atoms with Gasteiger partial charge in [-0.3, -0.25) is 0 Å². The maximum Gasteiger partial charge on any atom is 0.435 e. The van der Waals surface area contributed by atoms with Crippen LogP contribution in [0.3, 0.4) is 0 Å². The second kappa shape index (κ2) is 6.41. The largest absolute Gasteiger partial charge is 0.435 e. The molecule has 0 amide bonds. The number of rotatable bonds is 1. The number of hydrogen-bond acceptors (Lipinski definition) is 3. The van der Waals surface area contributed by atoms with E-state index in [-0.39, 0.29) is 17.9 Å². The van der Waals surface area contributed by atoms with Gasteiger partial charge in [0.25, 0.3) is 0 Å². The number of aromatic nitrogens is 2. The van der Waals surface area contributed by atoms with E-state index in [0.29, 0.717) is 15.3 Å². The second-order valence-electron chi connectivity index (χ2n) is 5.63. The van der Waals surface area contributed by atoms with Gasteiger partial charge >= 0.3 is 12.4 Å². The van der Waals surface area contributed by atoms with Crippen LogP contribution >= 0.6 is 22.9 Å². The number of imidazole rings is 1. The number of nitrogens with one attached hydrogen (secondary N) is 1. The van der Waals surface area contributed by atoms with Crippen molar-refractivity contribution >= 4 is 28.6 Å². The number of H-pyrrole nitrogens is 1. The topological polar surface area (TPSA) is 41.0 Å². The van der Waals surface area contributed by atoms with Crippen LogP contribution in [-0.4, -0.2) is 28.0 Å². The van der Waals surface area contributed by atoms with E-state index in [1.165, 1.54) is 6.92 Å². The number of alkyl halides is 6. The smallest absolute Gasteiger partial charge is 0.340 e. The van der Waals surface area contributed by atoms with Crippen molar-refractivity contribution < 1.29 is 26.3 Å². The molecule has 0 bridgehead atoms. The van der Waals surface area contributed by atoms with Crippen LogP contribution in [0.15, 0.2) is 28.9 Å². The van der Waals surface area contributed by atoms with Crippen LogP contribution in [0.5, 0.6) is 0 Å². The molecule has 3 rings (SSSR count). The number of aliphatic imine (C=N–C) groups is 1. The number of allylic oxidation sites excluding steroid dienone is 2. The normalized spacial score (nSPS) is 18.7. The molecule has 0 saturated carbocycles. The maximum atomic E-state index is 13.4. The van der Waals surface area contributed by atoms with Gasteiger partial charge in [-0.2, -0.15) is 26.3 Å². The van der Waals surface area contributed by atoms with Gasteiger partial charge in [0.2, 0.25) is 0 Å². The molecule has 3 heterocycles. The molecule has 3 nitrogen and oxygen atoms in total. The molecule has 1 aliphatic rings. The predicted molar refractivity (Wildman–Crippen MR) is 86.7 cm³/mol. The molecule has 0 saturated heterocycles. The Morgan fingerprint density at radius 1 is 1.15 bits per heavy atom. The molecule has 11 heteroatoms. The lowest BCUT2D eigenvalue weighted by molar-refractivity contribution is -0.0934. The summed E-state index contributed by atoms with van der Waals surface area (Å²) in [7, 11) is 0. The maximum absolute atomic E-state index is 13.4. The minimum Gasteiger partial charge on any atom is -0.340 e. The van der Waals surface area contributed by atoms with Gasteiger partial charge in [0.1, 0.15) is 17.2 Å². The standard InChI is InChI=1S/C15H10ClF6N3S/c1-6-2-4-8(14(17,18)19)23-12(15(20,21)22)11-10(6)24-13(25-11)7-3-5-9(16)26-7/h3-6H,2H2,1H3,(H,24,25). The minimum absolute atomic E-state index is 0.0815. The number of halogens is 7. The van der Waals surface area contributed by atoms with E-state index in [2.05, 4.69) is 15.0 Å². The SMILES string of the molecule is CC1CC=C(C(F)(F)F)N=C(C(F)(F)F)c2nc(-c3ccc(Cl)s3)[nH]c21. The fraction of sp³-hybridized carbons (Fsp3) is 0.333. The van der Waals surface area contributed by atoms with Crippen molar-refractivity contribution in [2.24, 2.45) is 4.99 Å². The van der Waals surface area contributed by atoms with Crippen LogP contribution in [0, 0.1) is 0 Å². The summed E-state index contributed by atoms with van der Waals surface area (Å²) < 4.78 is 79.7. The van der Waals surface area contributed by atoms with Crippen LogP contribution < -0.4 is 0 Å². The molecule has 0 aliphatic carbocycles. The van der Waals surface area contributed by atoms with Crippen LogP contribution in [-0.2, 0) is 0 Å². The van der Waals surface area contributed by atoms with E-state index in [0.717, 1.165) is 11.3 Å². The van der Waals surface area contributed by atoms with Crippen molar-refractivity contribution in [1.82, 2.24) is 9.97 Å². The lowest BCUT2D eigenvalue weighted by Crippen LogP contribution is -2.28. The predicted octanol–water partition coefficient (Wildman–Crippen LogP) is 6.10. The zero-order valence-electron chi connectivity index (χ0n) is 13.0. The van der Waals surface area contributed by atoms with Crippen LogP contribution in [0.2, 0.25) is 4.34 Å². The van der Waals surface area contributed by atoms with Gasteiger partial charge in [0.15, 0.2) is 5.71 Å². The van der Waals surface area contributed by atoms with Gasteiger partial charge in [0, 0.05) is 11.6 Å². The summed E-state index contributed by atoms with van der Waals surface area (Å²) in [6, 6.07) is 3.11. The Hall–Kier alpha value is -1.81. The highest BCUT2D eigenvalue weighted by Gasteiger charge is 2.44. The first-order valence-corrected chi connectivity index (χ1v) is 8.45. The lowest BCUT2D eigenvalue weighted by Gasteiger charge is -2.18. The highest BCUT2D eigenvalue weighted by atomic mass is 35.5.